The molecule has 2 aromatic rings. The van der Waals surface area contributed by atoms with Crippen LogP contribution in [0.4, 0.5) is 5.13 Å². The Morgan fingerprint density at radius 1 is 1.24 bits per heavy atom. The summed E-state index contributed by atoms with van der Waals surface area (Å²) in [5, 5.41) is 7.54. The second-order valence-corrected chi connectivity index (χ2v) is 6.53. The van der Waals surface area contributed by atoms with Crippen LogP contribution in [0.1, 0.15) is 24.2 Å². The molecule has 0 radical (unpaired) electrons. The van der Waals surface area contributed by atoms with Crippen molar-refractivity contribution in [1.82, 2.24) is 14.8 Å². The molecule has 0 unspecified atom stereocenters. The molecular formula is C15H20N4OS. The lowest BCUT2D eigenvalue weighted by Gasteiger charge is -2.31. The second kappa shape index (κ2) is 5.97. The summed E-state index contributed by atoms with van der Waals surface area (Å²) in [7, 11) is 0. The van der Waals surface area contributed by atoms with Crippen LogP contribution in [-0.2, 0) is 6.54 Å². The number of nitrogens with zero attached hydrogens (tertiary/aromatic N) is 4. The summed E-state index contributed by atoms with van der Waals surface area (Å²) in [5.41, 5.74) is 1.98. The molecule has 0 atom stereocenters. The molecule has 3 rings (SSSR count). The van der Waals surface area contributed by atoms with Gasteiger partial charge in [0, 0.05) is 31.1 Å². The first-order chi connectivity index (χ1) is 10.1. The maximum absolute atomic E-state index is 11.8. The van der Waals surface area contributed by atoms with E-state index in [1.807, 2.05) is 13.8 Å². The molecular weight excluding hydrogens is 284 g/mol. The maximum Gasteiger partial charge on any atom is 0.266 e. The van der Waals surface area contributed by atoms with E-state index in [4.69, 9.17) is 0 Å². The van der Waals surface area contributed by atoms with Gasteiger partial charge in [0.1, 0.15) is 0 Å². The Kier molecular flexibility index (Phi) is 4.05. The van der Waals surface area contributed by atoms with Crippen molar-refractivity contribution < 1.29 is 0 Å². The predicted molar refractivity (Wildman–Crippen MR) is 85.0 cm³/mol. The van der Waals surface area contributed by atoms with Crippen molar-refractivity contribution in [3.05, 3.63) is 39.3 Å². The minimum atomic E-state index is -0.00132. The van der Waals surface area contributed by atoms with Crippen LogP contribution in [0.5, 0.6) is 0 Å². The highest BCUT2D eigenvalue weighted by Crippen LogP contribution is 2.26. The lowest BCUT2D eigenvalue weighted by atomic mass is 9.97. The molecule has 5 nitrogen and oxygen atoms in total. The van der Waals surface area contributed by atoms with E-state index in [2.05, 4.69) is 20.4 Å². The molecule has 0 aliphatic carbocycles. The Hall–Kier alpha value is -1.69. The quantitative estimate of drug-likeness (QED) is 0.872. The van der Waals surface area contributed by atoms with Gasteiger partial charge in [-0.3, -0.25) is 4.79 Å². The molecule has 1 fully saturated rings. The van der Waals surface area contributed by atoms with Crippen molar-refractivity contribution in [3.63, 3.8) is 0 Å². The van der Waals surface area contributed by atoms with Crippen LogP contribution in [0.2, 0.25) is 0 Å². The van der Waals surface area contributed by atoms with Crippen LogP contribution in [0, 0.1) is 19.8 Å². The van der Waals surface area contributed by atoms with Crippen LogP contribution >= 0.6 is 11.3 Å². The summed E-state index contributed by atoms with van der Waals surface area (Å²) in [5.74, 6) is 0.523. The third-order valence-electron chi connectivity index (χ3n) is 3.92. The van der Waals surface area contributed by atoms with E-state index in [-0.39, 0.29) is 5.56 Å². The van der Waals surface area contributed by atoms with Gasteiger partial charge in [0.15, 0.2) is 5.13 Å². The van der Waals surface area contributed by atoms with E-state index in [1.165, 1.54) is 0 Å². The third-order valence-corrected chi connectivity index (χ3v) is 4.94. The number of hydrogen-bond acceptors (Lipinski definition) is 5. The minimum Gasteiger partial charge on any atom is -0.348 e. The molecule has 0 N–H and O–H groups in total. The van der Waals surface area contributed by atoms with Gasteiger partial charge in [0.2, 0.25) is 0 Å². The topological polar surface area (TPSA) is 51.0 Å². The molecule has 0 spiro atoms. The molecule has 1 aliphatic heterocycles. The van der Waals surface area contributed by atoms with Crippen molar-refractivity contribution >= 4 is 16.5 Å². The van der Waals surface area contributed by atoms with Crippen molar-refractivity contribution in [2.45, 2.75) is 33.2 Å². The average molecular weight is 304 g/mol. The first-order valence-electron chi connectivity index (χ1n) is 7.33. The Bertz CT molecular complexity index is 670. The van der Waals surface area contributed by atoms with Gasteiger partial charge in [0.05, 0.1) is 11.4 Å². The van der Waals surface area contributed by atoms with Crippen LogP contribution < -0.4 is 10.5 Å². The van der Waals surface area contributed by atoms with Gasteiger partial charge in [0.25, 0.3) is 5.56 Å². The molecule has 3 heterocycles. The summed E-state index contributed by atoms with van der Waals surface area (Å²) in [6, 6.07) is 3.38. The molecule has 0 bridgehead atoms. The number of hydrogen-bond donors (Lipinski definition) is 0. The van der Waals surface area contributed by atoms with E-state index >= 15 is 0 Å². The first-order valence-corrected chi connectivity index (χ1v) is 8.21. The molecule has 0 aromatic carbocycles. The molecule has 1 saturated heterocycles. The van der Waals surface area contributed by atoms with Gasteiger partial charge >= 0.3 is 0 Å². The van der Waals surface area contributed by atoms with Crippen molar-refractivity contribution in [3.8, 4) is 0 Å². The van der Waals surface area contributed by atoms with Gasteiger partial charge in [-0.15, -0.1) is 11.3 Å². The van der Waals surface area contributed by atoms with Gasteiger partial charge in [-0.1, -0.05) is 0 Å². The lowest BCUT2D eigenvalue weighted by molar-refractivity contribution is 0.334. The monoisotopic (exact) mass is 304 g/mol. The molecule has 21 heavy (non-hydrogen) atoms. The molecule has 6 heteroatoms. The SMILES string of the molecule is Cc1csc(N2CCC(Cn3nc(C)ccc3=O)CC2)n1. The van der Waals surface area contributed by atoms with E-state index < -0.39 is 0 Å². The van der Waals surface area contributed by atoms with Crippen LogP contribution in [0.25, 0.3) is 0 Å². The zero-order chi connectivity index (χ0) is 14.8. The number of piperidine rings is 1. The van der Waals surface area contributed by atoms with Gasteiger partial charge in [-0.05, 0) is 38.7 Å². The fourth-order valence-corrected chi connectivity index (χ4v) is 3.58. The van der Waals surface area contributed by atoms with Crippen LogP contribution in [0.3, 0.4) is 0 Å². The lowest BCUT2D eigenvalue weighted by Crippen LogP contribution is -2.36. The highest BCUT2D eigenvalue weighted by Gasteiger charge is 2.21. The average Bonchev–Trinajstić information content (AvgIpc) is 2.90. The minimum absolute atomic E-state index is 0.00132. The van der Waals surface area contributed by atoms with E-state index in [9.17, 15) is 4.79 Å². The van der Waals surface area contributed by atoms with E-state index in [1.54, 1.807) is 28.2 Å². The molecule has 0 saturated carbocycles. The number of thiazole rings is 1. The zero-order valence-corrected chi connectivity index (χ0v) is 13.3. The molecule has 112 valence electrons. The Morgan fingerprint density at radius 2 is 2.00 bits per heavy atom. The Balaban J connectivity index is 1.61. The summed E-state index contributed by atoms with van der Waals surface area (Å²) < 4.78 is 1.61. The standard InChI is InChI=1S/C15H20N4OS/c1-11-3-4-14(20)19(17-11)9-13-5-7-18(8-6-13)15-16-12(2)10-21-15/h3-4,10,13H,5-9H2,1-2H3. The highest BCUT2D eigenvalue weighted by atomic mass is 32.1. The molecule has 1 aliphatic rings. The molecule has 0 amide bonds. The fourth-order valence-electron chi connectivity index (χ4n) is 2.72. The predicted octanol–water partition coefficient (Wildman–Crippen LogP) is 2.23. The Labute approximate surface area is 128 Å². The van der Waals surface area contributed by atoms with E-state index in [0.717, 1.165) is 49.0 Å². The number of anilines is 1. The van der Waals surface area contributed by atoms with Gasteiger partial charge in [-0.25, -0.2) is 9.67 Å². The van der Waals surface area contributed by atoms with Gasteiger partial charge in [-0.2, -0.15) is 5.10 Å². The smallest absolute Gasteiger partial charge is 0.266 e. The first kappa shape index (κ1) is 14.3. The van der Waals surface area contributed by atoms with Crippen molar-refractivity contribution in [2.75, 3.05) is 18.0 Å². The summed E-state index contributed by atoms with van der Waals surface area (Å²) in [4.78, 5) is 18.7. The summed E-state index contributed by atoms with van der Waals surface area (Å²) >= 11 is 1.71. The second-order valence-electron chi connectivity index (χ2n) is 5.70. The van der Waals surface area contributed by atoms with E-state index in [0.29, 0.717) is 5.92 Å². The van der Waals surface area contributed by atoms with Crippen LogP contribution in [-0.4, -0.2) is 27.9 Å². The summed E-state index contributed by atoms with van der Waals surface area (Å²) in [6.07, 6.45) is 2.17. The largest absolute Gasteiger partial charge is 0.348 e. The third kappa shape index (κ3) is 3.32. The summed E-state index contributed by atoms with van der Waals surface area (Å²) in [6.45, 7) is 6.70. The number of rotatable bonds is 3. The number of aromatic nitrogens is 3. The maximum atomic E-state index is 11.8. The normalized spacial score (nSPS) is 16.4. The fraction of sp³-hybridized carbons (Fsp3) is 0.533. The molecule has 2 aromatic heterocycles. The zero-order valence-electron chi connectivity index (χ0n) is 12.5. The van der Waals surface area contributed by atoms with Gasteiger partial charge < -0.3 is 4.90 Å². The highest BCUT2D eigenvalue weighted by molar-refractivity contribution is 7.13. The number of aryl methyl sites for hydroxylation is 2. The van der Waals surface area contributed by atoms with Crippen LogP contribution in [0.15, 0.2) is 22.3 Å². The van der Waals surface area contributed by atoms with Crippen molar-refractivity contribution in [1.29, 1.82) is 0 Å². The Morgan fingerprint density at radius 3 is 2.67 bits per heavy atom. The van der Waals surface area contributed by atoms with Crippen molar-refractivity contribution in [2.24, 2.45) is 5.92 Å².